The fraction of sp³-hybridized carbons (Fsp3) is 0.391. The Kier molecular flexibility index (Phi) is 15.7. The number of unbranched alkanes of at least 4 members (excludes halogenated alkanes) is 2. The number of carbonyl (C=O) groups is 1. The first-order chi connectivity index (χ1) is 29.8. The molecule has 0 atom stereocenters. The summed E-state index contributed by atoms with van der Waals surface area (Å²) in [5.74, 6) is -0.625. The molecule has 3 aromatic rings. The quantitative estimate of drug-likeness (QED) is 0.0209. The fourth-order valence-corrected chi connectivity index (χ4v) is 11.3. The first-order valence-corrected chi connectivity index (χ1v) is 25.6. The van der Waals surface area contributed by atoms with Gasteiger partial charge in [0.25, 0.3) is 20.2 Å². The van der Waals surface area contributed by atoms with Crippen LogP contribution in [0, 0.1) is 0 Å². The predicted molar refractivity (Wildman–Crippen MR) is 248 cm³/mol. The van der Waals surface area contributed by atoms with Gasteiger partial charge in [-0.15, -0.1) is 4.33 Å². The third-order valence-electron chi connectivity index (χ3n) is 11.8. The van der Waals surface area contributed by atoms with Gasteiger partial charge < -0.3 is 10.0 Å². The molecule has 0 unspecified atom stereocenters. The minimum Gasteiger partial charge on any atom is -0.481 e. The summed E-state index contributed by atoms with van der Waals surface area (Å²) in [4.78, 5) is 15.3. The second-order valence-corrected chi connectivity index (χ2v) is 21.7. The van der Waals surface area contributed by atoms with E-state index >= 15 is 0 Å². The molecule has 2 aliphatic heterocycles. The smallest absolute Gasteiger partial charge is 0.307 e. The second-order valence-electron chi connectivity index (χ2n) is 16.9. The number of carboxylic acids is 1. The molecule has 0 radical (unpaired) electrons. The summed E-state index contributed by atoms with van der Waals surface area (Å²) in [5, 5.41) is 21.6. The summed E-state index contributed by atoms with van der Waals surface area (Å²) in [7, 11) is -8.63. The molecule has 3 aliphatic rings. The van der Waals surface area contributed by atoms with Crippen LogP contribution in [0.25, 0.3) is 0 Å². The van der Waals surface area contributed by atoms with Crippen LogP contribution in [-0.2, 0) is 51.7 Å². The van der Waals surface area contributed by atoms with Crippen molar-refractivity contribution in [2.24, 2.45) is 0 Å². The predicted octanol–water partition coefficient (Wildman–Crippen LogP) is 9.85. The lowest BCUT2D eigenvalue weighted by molar-refractivity contribution is -0.438. The number of thioether (sulfide) groups is 1. The molecule has 0 aromatic heterocycles. The van der Waals surface area contributed by atoms with Crippen molar-refractivity contribution in [2.45, 2.75) is 99.7 Å². The molecule has 4 N–H and O–H groups in total. The molecule has 6 rings (SSSR count). The molecule has 0 saturated carbocycles. The van der Waals surface area contributed by atoms with Gasteiger partial charge in [-0.3, -0.25) is 13.9 Å². The highest BCUT2D eigenvalue weighted by molar-refractivity contribution is 8.03. The topological polar surface area (TPSA) is 191 Å². The van der Waals surface area contributed by atoms with Gasteiger partial charge in [0.05, 0.1) is 22.5 Å². The molecule has 17 heteroatoms. The van der Waals surface area contributed by atoms with E-state index in [0.29, 0.717) is 29.8 Å². The van der Waals surface area contributed by atoms with Gasteiger partial charge in [-0.25, -0.2) is 5.26 Å². The lowest BCUT2D eigenvalue weighted by atomic mass is 9.81. The van der Waals surface area contributed by atoms with E-state index in [9.17, 15) is 35.8 Å². The SMILES string of the molecule is CC1(C)C(/C=C/C2=C(Sc3ccc(CC(=O)O)cc3)C(=C/C=C3/N(CCCCS(=O)(=O)O)c4ccc(S(=O)(=O)O)cc4C3(C)C)/CCC2)=[N+](CCCCSOOO)c2ccccc21. The Hall–Kier alpha value is -4.04. The van der Waals surface area contributed by atoms with Gasteiger partial charge in [-0.2, -0.15) is 21.4 Å². The normalized spacial score (nSPS) is 18.6. The number of benzene rings is 3. The maximum Gasteiger partial charge on any atom is 0.307 e. The van der Waals surface area contributed by atoms with Crippen molar-refractivity contribution in [1.82, 2.24) is 0 Å². The van der Waals surface area contributed by atoms with Gasteiger partial charge in [0.15, 0.2) is 5.71 Å². The van der Waals surface area contributed by atoms with Crippen molar-refractivity contribution in [3.8, 4) is 0 Å². The first-order valence-electron chi connectivity index (χ1n) is 20.8. The monoisotopic (exact) mass is 939 g/mol. The lowest BCUT2D eigenvalue weighted by Crippen LogP contribution is -2.28. The Morgan fingerprint density at radius 2 is 1.62 bits per heavy atom. The highest BCUT2D eigenvalue weighted by Crippen LogP contribution is 2.49. The number of allylic oxidation sites excluding steroid dienone is 7. The third-order valence-corrected chi connectivity index (χ3v) is 15.3. The third kappa shape index (κ3) is 11.8. The fourth-order valence-electron chi connectivity index (χ4n) is 8.66. The Morgan fingerprint density at radius 1 is 0.873 bits per heavy atom. The van der Waals surface area contributed by atoms with Crippen molar-refractivity contribution >= 4 is 67.1 Å². The van der Waals surface area contributed by atoms with E-state index in [0.717, 1.165) is 88.7 Å². The molecule has 3 aromatic carbocycles. The molecule has 0 bridgehead atoms. The molecule has 63 heavy (non-hydrogen) atoms. The Morgan fingerprint density at radius 3 is 2.32 bits per heavy atom. The van der Waals surface area contributed by atoms with Crippen LogP contribution < -0.4 is 4.90 Å². The zero-order chi connectivity index (χ0) is 45.6. The molecule has 0 saturated heterocycles. The standard InChI is InChI=1S/C46H54N2O11S4/c1-45(2)37-14-5-6-15-39(37)47(26-7-9-28-60-59-58-51)41(45)24-18-33-12-11-13-34(44(33)61-35-20-16-32(17-21-35)30-43(49)50)19-25-42-46(3,4)38-31-36(63(55,56)57)22-23-40(38)48(42)27-8-10-29-62(52,53)54/h5-6,14-25,31H,7-13,26-30H2,1-4H3,(H3-,49,50,51,52,53,54,55,56,57)/p+1. The number of aliphatic carboxylic acids is 1. The van der Waals surface area contributed by atoms with E-state index in [1.165, 1.54) is 23.4 Å². The van der Waals surface area contributed by atoms with Crippen LogP contribution in [0.1, 0.15) is 89.3 Å². The average molecular weight is 940 g/mol. The highest BCUT2D eigenvalue weighted by Gasteiger charge is 2.44. The molecule has 1 aliphatic carbocycles. The van der Waals surface area contributed by atoms with Crippen LogP contribution in [0.15, 0.2) is 123 Å². The van der Waals surface area contributed by atoms with Gasteiger partial charge in [0, 0.05) is 75.1 Å². The summed E-state index contributed by atoms with van der Waals surface area (Å²) >= 11 is 2.68. The number of fused-ring (bicyclic) bond motifs is 2. The van der Waals surface area contributed by atoms with Crippen molar-refractivity contribution < 1.29 is 55.0 Å². The summed E-state index contributed by atoms with van der Waals surface area (Å²) in [6, 6.07) is 20.6. The van der Waals surface area contributed by atoms with Crippen LogP contribution in [0.4, 0.5) is 11.4 Å². The maximum absolute atomic E-state index is 12.2. The van der Waals surface area contributed by atoms with E-state index in [4.69, 9.17) is 5.26 Å². The Bertz CT molecular complexity index is 2580. The highest BCUT2D eigenvalue weighted by atomic mass is 32.2. The Balaban J connectivity index is 1.43. The van der Waals surface area contributed by atoms with E-state index in [-0.39, 0.29) is 28.9 Å². The molecular formula is C46H55N2O11S4+. The van der Waals surface area contributed by atoms with Crippen molar-refractivity contribution in [3.63, 3.8) is 0 Å². The van der Waals surface area contributed by atoms with Crippen LogP contribution in [0.2, 0.25) is 0 Å². The summed E-state index contributed by atoms with van der Waals surface area (Å²) < 4.78 is 73.9. The second kappa shape index (κ2) is 20.4. The largest absolute Gasteiger partial charge is 0.481 e. The van der Waals surface area contributed by atoms with Crippen LogP contribution >= 0.6 is 23.8 Å². The van der Waals surface area contributed by atoms with Gasteiger partial charge in [0.1, 0.15) is 6.54 Å². The molecule has 2 heterocycles. The van der Waals surface area contributed by atoms with Crippen molar-refractivity contribution in [1.29, 1.82) is 0 Å². The number of hydrogen-bond acceptors (Lipinski definition) is 11. The van der Waals surface area contributed by atoms with Crippen molar-refractivity contribution in [2.75, 3.05) is 29.5 Å². The number of nitrogens with zero attached hydrogens (tertiary/aromatic N) is 2. The molecule has 13 nitrogen and oxygen atoms in total. The summed E-state index contributed by atoms with van der Waals surface area (Å²) in [6.45, 7) is 9.63. The zero-order valence-electron chi connectivity index (χ0n) is 35.8. The Labute approximate surface area is 378 Å². The minimum absolute atomic E-state index is 0.0758. The molecule has 338 valence electrons. The molecule has 0 spiro atoms. The molecule has 0 amide bonds. The minimum atomic E-state index is -4.49. The zero-order valence-corrected chi connectivity index (χ0v) is 39.1. The van der Waals surface area contributed by atoms with Crippen LogP contribution in [-0.4, -0.2) is 77.2 Å². The average Bonchev–Trinajstić information content (AvgIpc) is 3.57. The summed E-state index contributed by atoms with van der Waals surface area (Å²) in [5.41, 5.74) is 7.81. The van der Waals surface area contributed by atoms with Crippen molar-refractivity contribution in [3.05, 3.63) is 129 Å². The van der Waals surface area contributed by atoms with E-state index in [2.05, 4.69) is 81.3 Å². The van der Waals surface area contributed by atoms with E-state index in [1.807, 2.05) is 38.1 Å². The van der Waals surface area contributed by atoms with Crippen LogP contribution in [0.5, 0.6) is 0 Å². The first kappa shape index (κ1) is 48.4. The van der Waals surface area contributed by atoms with Crippen LogP contribution in [0.3, 0.4) is 0 Å². The number of hydrogen-bond donors (Lipinski definition) is 4. The number of rotatable bonds is 20. The molecule has 0 fully saturated rings. The number of carboxylic acid groups (broad SMARTS) is 1. The van der Waals surface area contributed by atoms with Gasteiger partial charge >= 0.3 is 5.97 Å². The number of anilines is 1. The lowest BCUT2D eigenvalue weighted by Gasteiger charge is -2.27. The molecular weight excluding hydrogens is 885 g/mol. The van der Waals surface area contributed by atoms with E-state index < -0.39 is 31.6 Å². The van der Waals surface area contributed by atoms with Gasteiger partial charge in [0.2, 0.25) is 5.69 Å². The van der Waals surface area contributed by atoms with E-state index in [1.54, 1.807) is 17.8 Å². The van der Waals surface area contributed by atoms with Gasteiger partial charge in [-0.05, 0) is 111 Å². The summed E-state index contributed by atoms with van der Waals surface area (Å²) in [6.07, 6.45) is 13.4. The maximum atomic E-state index is 12.2. The van der Waals surface area contributed by atoms with Gasteiger partial charge in [-0.1, -0.05) is 73.1 Å². The number of para-hydroxylation sites is 1.